The van der Waals surface area contributed by atoms with Gasteiger partial charge in [0.1, 0.15) is 24.4 Å². The van der Waals surface area contributed by atoms with Crippen LogP contribution in [0.4, 0.5) is 0 Å². The van der Waals surface area contributed by atoms with Crippen LogP contribution in [0.25, 0.3) is 0 Å². The van der Waals surface area contributed by atoms with Crippen molar-refractivity contribution in [2.24, 2.45) is 0 Å². The first-order valence-corrected chi connectivity index (χ1v) is 9.65. The van der Waals surface area contributed by atoms with Gasteiger partial charge in [-0.1, -0.05) is 0 Å². The molecule has 168 valence electrons. The lowest BCUT2D eigenvalue weighted by Gasteiger charge is -2.39. The van der Waals surface area contributed by atoms with Gasteiger partial charge in [-0.15, -0.1) is 0 Å². The molecule has 10 N–H and O–H groups in total. The van der Waals surface area contributed by atoms with Crippen molar-refractivity contribution in [3.63, 3.8) is 0 Å². The molecule has 1 saturated heterocycles. The third kappa shape index (κ3) is 7.76. The van der Waals surface area contributed by atoms with Crippen LogP contribution in [0.5, 0.6) is 0 Å². The summed E-state index contributed by atoms with van der Waals surface area (Å²) in [5.41, 5.74) is 0. The lowest BCUT2D eigenvalue weighted by molar-refractivity contribution is -0.126. The maximum atomic E-state index is 10.3. The van der Waals surface area contributed by atoms with Crippen molar-refractivity contribution < 1.29 is 46.0 Å². The fourth-order valence-corrected chi connectivity index (χ4v) is 3.36. The van der Waals surface area contributed by atoms with Gasteiger partial charge in [0.05, 0.1) is 24.9 Å². The highest BCUT2D eigenvalue weighted by atomic mass is 16.4. The molecule has 0 unspecified atom stereocenters. The summed E-state index contributed by atoms with van der Waals surface area (Å²) in [6.07, 6.45) is -9.49. The van der Waals surface area contributed by atoms with E-state index in [-0.39, 0.29) is 32.2 Å². The minimum absolute atomic E-state index is 0.0835. The molecule has 1 aliphatic rings. The summed E-state index contributed by atoms with van der Waals surface area (Å²) in [6, 6.07) is -0.0835. The Morgan fingerprint density at radius 3 is 1.71 bits per heavy atom. The molecule has 0 radical (unpaired) electrons. The van der Waals surface area contributed by atoms with Gasteiger partial charge in [-0.3, -0.25) is 4.90 Å². The van der Waals surface area contributed by atoms with E-state index >= 15 is 0 Å². The zero-order valence-corrected chi connectivity index (χ0v) is 16.0. The Hall–Kier alpha value is -0.440. The Balaban J connectivity index is 2.79. The molecule has 0 amide bonds. The Morgan fingerprint density at radius 2 is 1.21 bits per heavy atom. The molecule has 1 rings (SSSR count). The summed E-state index contributed by atoms with van der Waals surface area (Å²) >= 11 is 0. The van der Waals surface area contributed by atoms with Crippen LogP contribution < -0.4 is 5.32 Å². The molecule has 0 saturated carbocycles. The van der Waals surface area contributed by atoms with Crippen molar-refractivity contribution in [2.45, 2.75) is 68.0 Å². The monoisotopic (exact) mass is 412 g/mol. The van der Waals surface area contributed by atoms with E-state index in [1.807, 2.05) is 0 Å². The summed E-state index contributed by atoms with van der Waals surface area (Å²) in [6.45, 7) is 0.00210. The molecule has 0 aromatic rings. The molecule has 11 nitrogen and oxygen atoms in total. The van der Waals surface area contributed by atoms with Gasteiger partial charge in [0.15, 0.2) is 0 Å². The number of rotatable bonds is 13. The quantitative estimate of drug-likeness (QED) is 0.139. The first-order valence-electron chi connectivity index (χ1n) is 9.65. The zero-order chi connectivity index (χ0) is 21.3. The van der Waals surface area contributed by atoms with Crippen LogP contribution in [0, 0.1) is 0 Å². The van der Waals surface area contributed by atoms with E-state index in [1.54, 1.807) is 4.90 Å². The molecule has 0 aromatic heterocycles. The van der Waals surface area contributed by atoms with Crippen molar-refractivity contribution >= 4 is 0 Å². The van der Waals surface area contributed by atoms with E-state index in [4.69, 9.17) is 10.2 Å². The molecule has 28 heavy (non-hydrogen) atoms. The van der Waals surface area contributed by atoms with E-state index in [0.717, 1.165) is 0 Å². The van der Waals surface area contributed by atoms with Crippen LogP contribution in [0.3, 0.4) is 0 Å². The van der Waals surface area contributed by atoms with E-state index in [2.05, 4.69) is 5.32 Å². The molecule has 1 aliphatic heterocycles. The largest absolute Gasteiger partial charge is 0.396 e. The summed E-state index contributed by atoms with van der Waals surface area (Å²) in [4.78, 5) is 1.66. The number of hydrogen-bond acceptors (Lipinski definition) is 11. The molecule has 0 spiro atoms. The van der Waals surface area contributed by atoms with Crippen LogP contribution in [-0.2, 0) is 0 Å². The number of aliphatic hydroxyl groups is 9. The lowest BCUT2D eigenvalue weighted by atomic mass is 9.98. The number of aliphatic hydroxyl groups excluding tert-OH is 9. The number of nitrogens with one attached hydrogen (secondary N) is 1. The number of piperidine rings is 1. The van der Waals surface area contributed by atoms with Gasteiger partial charge in [-0.25, -0.2) is 0 Å². The first-order chi connectivity index (χ1) is 13.2. The highest BCUT2D eigenvalue weighted by molar-refractivity contribution is 4.88. The minimum atomic E-state index is -1.75. The van der Waals surface area contributed by atoms with Crippen LogP contribution in [-0.4, -0.2) is 139 Å². The second kappa shape index (κ2) is 13.0. The maximum Gasteiger partial charge on any atom is 0.111 e. The second-order valence-electron chi connectivity index (χ2n) is 7.37. The van der Waals surface area contributed by atoms with Crippen LogP contribution in [0.15, 0.2) is 0 Å². The number of nitrogens with zero attached hydrogens (tertiary/aromatic N) is 1. The molecular formula is C17H36N2O9. The van der Waals surface area contributed by atoms with Gasteiger partial charge in [0, 0.05) is 25.7 Å². The van der Waals surface area contributed by atoms with Gasteiger partial charge in [0.2, 0.25) is 0 Å². The van der Waals surface area contributed by atoms with E-state index in [9.17, 15) is 35.7 Å². The van der Waals surface area contributed by atoms with Gasteiger partial charge in [0.25, 0.3) is 0 Å². The molecule has 11 heteroatoms. The third-order valence-corrected chi connectivity index (χ3v) is 5.21. The van der Waals surface area contributed by atoms with E-state index in [0.29, 0.717) is 25.9 Å². The maximum absolute atomic E-state index is 10.3. The molecule has 0 aromatic carbocycles. The predicted octanol–water partition coefficient (Wildman–Crippen LogP) is -5.06. The fraction of sp³-hybridized carbons (Fsp3) is 1.00. The normalized spacial score (nSPS) is 23.8. The Kier molecular flexibility index (Phi) is 11.9. The van der Waals surface area contributed by atoms with Crippen molar-refractivity contribution in [1.29, 1.82) is 0 Å². The number of hydrogen-bond donors (Lipinski definition) is 10. The fourth-order valence-electron chi connectivity index (χ4n) is 3.36. The lowest BCUT2D eigenvalue weighted by Crippen LogP contribution is -2.55. The van der Waals surface area contributed by atoms with Crippen molar-refractivity contribution in [2.75, 3.05) is 39.4 Å². The smallest absolute Gasteiger partial charge is 0.111 e. The molecule has 1 heterocycles. The Labute approximate surface area is 164 Å². The minimum Gasteiger partial charge on any atom is -0.396 e. The van der Waals surface area contributed by atoms with Crippen molar-refractivity contribution in [1.82, 2.24) is 10.2 Å². The summed E-state index contributed by atoms with van der Waals surface area (Å²) in [5, 5.41) is 90.6. The third-order valence-electron chi connectivity index (χ3n) is 5.21. The summed E-state index contributed by atoms with van der Waals surface area (Å²) < 4.78 is 0. The average Bonchev–Trinajstić information content (AvgIpc) is 2.71. The molecular weight excluding hydrogens is 376 g/mol. The van der Waals surface area contributed by atoms with Crippen molar-refractivity contribution in [3.8, 4) is 0 Å². The average molecular weight is 412 g/mol. The molecule has 7 atom stereocenters. The topological polar surface area (TPSA) is 197 Å². The molecule has 0 aliphatic carbocycles. The Bertz CT molecular complexity index is 414. The van der Waals surface area contributed by atoms with Gasteiger partial charge in [-0.05, 0) is 32.4 Å². The Morgan fingerprint density at radius 1 is 0.714 bits per heavy atom. The van der Waals surface area contributed by atoms with Crippen molar-refractivity contribution in [3.05, 3.63) is 0 Å². The molecule has 1 fully saturated rings. The predicted molar refractivity (Wildman–Crippen MR) is 98.3 cm³/mol. The molecule has 0 bridgehead atoms. The van der Waals surface area contributed by atoms with Gasteiger partial charge < -0.3 is 51.3 Å². The zero-order valence-electron chi connectivity index (χ0n) is 16.0. The second-order valence-corrected chi connectivity index (χ2v) is 7.37. The highest BCUT2D eigenvalue weighted by Crippen LogP contribution is 2.17. The van der Waals surface area contributed by atoms with Gasteiger partial charge >= 0.3 is 0 Å². The van der Waals surface area contributed by atoms with E-state index < -0.39 is 49.3 Å². The van der Waals surface area contributed by atoms with Crippen LogP contribution in [0.1, 0.15) is 19.3 Å². The van der Waals surface area contributed by atoms with Gasteiger partial charge in [-0.2, -0.15) is 0 Å². The first kappa shape index (κ1) is 25.6. The van der Waals surface area contributed by atoms with E-state index in [1.165, 1.54) is 0 Å². The summed E-state index contributed by atoms with van der Waals surface area (Å²) in [5.74, 6) is 0. The summed E-state index contributed by atoms with van der Waals surface area (Å²) in [7, 11) is 0. The van der Waals surface area contributed by atoms with Crippen LogP contribution >= 0.6 is 0 Å². The van der Waals surface area contributed by atoms with Crippen LogP contribution in [0.2, 0.25) is 0 Å². The highest BCUT2D eigenvalue weighted by Gasteiger charge is 2.35. The standard InChI is InChI=1S/C17H36N2O9/c20-6-3-11(22)15(26)12(23)7-19(10-1-4-18-5-2-10)8-13(24)16(27)17(28)14(25)9-21/h10-18,20-28H,1-9H2/t11-,12+,13+,14-,15+,16-,17-/m1/s1. The SMILES string of the molecule is OCC[C@@H](O)[C@H](O)[C@@H](O)CN(C[C@H](O)[C@@H](O)[C@H](O)[C@H](O)CO)C1CCNCC1.